The SMILES string of the molecule is CCOCCN1CCN([C@@H]2C[C@@H](C)OC2=O)CC1. The van der Waals surface area contributed by atoms with Crippen molar-refractivity contribution in [2.24, 2.45) is 0 Å². The number of carbonyl (C=O) groups is 1. The molecule has 0 saturated carbocycles. The van der Waals surface area contributed by atoms with Crippen LogP contribution in [0.4, 0.5) is 0 Å². The molecule has 2 atom stereocenters. The highest BCUT2D eigenvalue weighted by molar-refractivity contribution is 5.78. The molecule has 2 saturated heterocycles. The number of carbonyl (C=O) groups excluding carboxylic acids is 1. The van der Waals surface area contributed by atoms with E-state index < -0.39 is 0 Å². The third kappa shape index (κ3) is 3.43. The fraction of sp³-hybridized carbons (Fsp3) is 0.923. The van der Waals surface area contributed by atoms with Crippen molar-refractivity contribution >= 4 is 5.97 Å². The molecular weight excluding hydrogens is 232 g/mol. The molecule has 0 amide bonds. The van der Waals surface area contributed by atoms with Crippen molar-refractivity contribution < 1.29 is 14.3 Å². The Balaban J connectivity index is 1.71. The Hall–Kier alpha value is -0.650. The number of cyclic esters (lactones) is 1. The number of piperazine rings is 1. The fourth-order valence-corrected chi connectivity index (χ4v) is 2.67. The summed E-state index contributed by atoms with van der Waals surface area (Å²) in [6.07, 6.45) is 0.927. The van der Waals surface area contributed by atoms with Crippen LogP contribution in [-0.4, -0.2) is 73.9 Å². The van der Waals surface area contributed by atoms with Crippen molar-refractivity contribution in [1.29, 1.82) is 0 Å². The lowest BCUT2D eigenvalue weighted by Gasteiger charge is -2.36. The van der Waals surface area contributed by atoms with Gasteiger partial charge < -0.3 is 9.47 Å². The minimum Gasteiger partial charge on any atom is -0.461 e. The Morgan fingerprint density at radius 2 is 2.06 bits per heavy atom. The Kier molecular flexibility index (Phi) is 4.97. The van der Waals surface area contributed by atoms with Gasteiger partial charge in [0.25, 0.3) is 0 Å². The van der Waals surface area contributed by atoms with Crippen LogP contribution in [0.15, 0.2) is 0 Å². The van der Waals surface area contributed by atoms with Gasteiger partial charge in [0.15, 0.2) is 0 Å². The average molecular weight is 256 g/mol. The number of nitrogens with zero attached hydrogens (tertiary/aromatic N) is 2. The maximum Gasteiger partial charge on any atom is 0.323 e. The summed E-state index contributed by atoms with van der Waals surface area (Å²) in [5.41, 5.74) is 0. The van der Waals surface area contributed by atoms with Gasteiger partial charge in [-0.25, -0.2) is 0 Å². The van der Waals surface area contributed by atoms with Crippen molar-refractivity contribution in [3.8, 4) is 0 Å². The Morgan fingerprint density at radius 3 is 2.61 bits per heavy atom. The summed E-state index contributed by atoms with van der Waals surface area (Å²) in [7, 11) is 0. The Bertz CT molecular complexity index is 277. The minimum absolute atomic E-state index is 0.00552. The summed E-state index contributed by atoms with van der Waals surface area (Å²) in [4.78, 5) is 16.3. The first-order valence-electron chi connectivity index (χ1n) is 6.95. The number of rotatable bonds is 5. The molecule has 2 aliphatic rings. The van der Waals surface area contributed by atoms with Crippen LogP contribution in [0.2, 0.25) is 0 Å². The zero-order valence-corrected chi connectivity index (χ0v) is 11.4. The molecule has 0 bridgehead atoms. The summed E-state index contributed by atoms with van der Waals surface area (Å²) < 4.78 is 10.6. The van der Waals surface area contributed by atoms with Crippen molar-refractivity contribution in [2.45, 2.75) is 32.4 Å². The minimum atomic E-state index is -0.0368. The van der Waals surface area contributed by atoms with Crippen LogP contribution < -0.4 is 0 Å². The van der Waals surface area contributed by atoms with Gasteiger partial charge in [0.2, 0.25) is 0 Å². The van der Waals surface area contributed by atoms with E-state index >= 15 is 0 Å². The second-order valence-electron chi connectivity index (χ2n) is 5.07. The van der Waals surface area contributed by atoms with Crippen LogP contribution in [-0.2, 0) is 14.3 Å². The molecule has 0 aromatic rings. The first-order valence-corrected chi connectivity index (χ1v) is 6.95. The van der Waals surface area contributed by atoms with Crippen molar-refractivity contribution in [2.75, 3.05) is 45.9 Å². The maximum atomic E-state index is 11.7. The molecule has 0 aliphatic carbocycles. The lowest BCUT2D eigenvalue weighted by Crippen LogP contribution is -2.52. The first kappa shape index (κ1) is 13.8. The van der Waals surface area contributed by atoms with E-state index in [0.29, 0.717) is 0 Å². The van der Waals surface area contributed by atoms with E-state index in [4.69, 9.17) is 9.47 Å². The summed E-state index contributed by atoms with van der Waals surface area (Å²) in [5, 5.41) is 0. The molecule has 2 fully saturated rings. The van der Waals surface area contributed by atoms with Crippen molar-refractivity contribution in [1.82, 2.24) is 9.80 Å². The van der Waals surface area contributed by atoms with Crippen LogP contribution in [0.3, 0.4) is 0 Å². The average Bonchev–Trinajstić information content (AvgIpc) is 2.70. The van der Waals surface area contributed by atoms with Gasteiger partial charge in [-0.3, -0.25) is 14.6 Å². The topological polar surface area (TPSA) is 42.0 Å². The normalized spacial score (nSPS) is 30.7. The van der Waals surface area contributed by atoms with E-state index in [9.17, 15) is 4.79 Å². The van der Waals surface area contributed by atoms with Gasteiger partial charge in [-0.1, -0.05) is 0 Å². The van der Waals surface area contributed by atoms with E-state index in [2.05, 4.69) is 9.80 Å². The van der Waals surface area contributed by atoms with Crippen molar-refractivity contribution in [3.63, 3.8) is 0 Å². The molecular formula is C13H24N2O3. The molecule has 5 heteroatoms. The van der Waals surface area contributed by atoms with Gasteiger partial charge in [-0.2, -0.15) is 0 Å². The summed E-state index contributed by atoms with van der Waals surface area (Å²) >= 11 is 0. The highest BCUT2D eigenvalue weighted by atomic mass is 16.6. The molecule has 0 aromatic heterocycles. The molecule has 2 heterocycles. The second-order valence-corrected chi connectivity index (χ2v) is 5.07. The van der Waals surface area contributed by atoms with E-state index in [1.165, 1.54) is 0 Å². The first-order chi connectivity index (χ1) is 8.70. The molecule has 0 unspecified atom stereocenters. The maximum absolute atomic E-state index is 11.7. The zero-order valence-electron chi connectivity index (χ0n) is 11.4. The van der Waals surface area contributed by atoms with Crippen molar-refractivity contribution in [3.05, 3.63) is 0 Å². The highest BCUT2D eigenvalue weighted by Gasteiger charge is 2.37. The van der Waals surface area contributed by atoms with Gasteiger partial charge in [0.1, 0.15) is 12.1 Å². The molecule has 0 aromatic carbocycles. The van der Waals surface area contributed by atoms with E-state index in [0.717, 1.165) is 52.4 Å². The van der Waals surface area contributed by atoms with Gasteiger partial charge in [0.05, 0.1) is 6.61 Å². The van der Waals surface area contributed by atoms with Crippen LogP contribution in [0, 0.1) is 0 Å². The smallest absolute Gasteiger partial charge is 0.323 e. The predicted molar refractivity (Wildman–Crippen MR) is 68.5 cm³/mol. The van der Waals surface area contributed by atoms with Gasteiger partial charge in [0, 0.05) is 45.8 Å². The molecule has 0 radical (unpaired) electrons. The molecule has 0 spiro atoms. The zero-order chi connectivity index (χ0) is 13.0. The number of hydrogen-bond acceptors (Lipinski definition) is 5. The van der Waals surface area contributed by atoms with E-state index in [-0.39, 0.29) is 18.1 Å². The molecule has 2 aliphatic heterocycles. The largest absolute Gasteiger partial charge is 0.461 e. The summed E-state index contributed by atoms with van der Waals surface area (Å²) in [6.45, 7) is 10.5. The van der Waals surface area contributed by atoms with E-state index in [1.807, 2.05) is 13.8 Å². The van der Waals surface area contributed by atoms with Crippen LogP contribution >= 0.6 is 0 Å². The molecule has 0 N–H and O–H groups in total. The second kappa shape index (κ2) is 6.50. The van der Waals surface area contributed by atoms with E-state index in [1.54, 1.807) is 0 Å². The predicted octanol–water partition coefficient (Wildman–Crippen LogP) is 0.345. The van der Waals surface area contributed by atoms with Crippen LogP contribution in [0.5, 0.6) is 0 Å². The van der Waals surface area contributed by atoms with Gasteiger partial charge in [-0.15, -0.1) is 0 Å². The van der Waals surface area contributed by atoms with Crippen LogP contribution in [0.1, 0.15) is 20.3 Å². The summed E-state index contributed by atoms with van der Waals surface area (Å²) in [6, 6.07) is -0.00552. The number of esters is 1. The standard InChI is InChI=1S/C13H24N2O3/c1-3-17-9-8-14-4-6-15(7-5-14)12-10-11(2)18-13(12)16/h11-12H,3-10H2,1-2H3/t11-,12-/m1/s1. The summed E-state index contributed by atoms with van der Waals surface area (Å²) in [5.74, 6) is -0.0368. The molecule has 104 valence electrons. The quantitative estimate of drug-likeness (QED) is 0.524. The third-order valence-corrected chi connectivity index (χ3v) is 3.75. The molecule has 5 nitrogen and oxygen atoms in total. The lowest BCUT2D eigenvalue weighted by molar-refractivity contribution is -0.145. The lowest BCUT2D eigenvalue weighted by atomic mass is 10.1. The number of ether oxygens (including phenoxy) is 2. The van der Waals surface area contributed by atoms with Gasteiger partial charge >= 0.3 is 5.97 Å². The van der Waals surface area contributed by atoms with Crippen LogP contribution in [0.25, 0.3) is 0 Å². The number of hydrogen-bond donors (Lipinski definition) is 0. The molecule has 2 rings (SSSR count). The Labute approximate surface area is 109 Å². The fourth-order valence-electron chi connectivity index (χ4n) is 2.67. The third-order valence-electron chi connectivity index (χ3n) is 3.75. The molecule has 18 heavy (non-hydrogen) atoms. The Morgan fingerprint density at radius 1 is 1.33 bits per heavy atom. The monoisotopic (exact) mass is 256 g/mol. The highest BCUT2D eigenvalue weighted by Crippen LogP contribution is 2.20. The van der Waals surface area contributed by atoms with Gasteiger partial charge in [-0.05, 0) is 13.8 Å².